The van der Waals surface area contributed by atoms with Crippen LogP contribution in [0.2, 0.25) is 0 Å². The van der Waals surface area contributed by atoms with Crippen LogP contribution in [0.25, 0.3) is 22.0 Å². The highest BCUT2D eigenvalue weighted by Gasteiger charge is 2.46. The largest absolute Gasteiger partial charge is 0.385 e. The van der Waals surface area contributed by atoms with Crippen LogP contribution >= 0.6 is 0 Å². The molecule has 0 aliphatic carbocycles. The fourth-order valence-electron chi connectivity index (χ4n) is 6.05. The first kappa shape index (κ1) is 33.4. The quantitative estimate of drug-likeness (QED) is 0.177. The van der Waals surface area contributed by atoms with Crippen molar-refractivity contribution in [2.75, 3.05) is 12.5 Å². The summed E-state index contributed by atoms with van der Waals surface area (Å²) in [6.45, 7) is 5.32. The smallest absolute Gasteiger partial charge is 0.175 e. The monoisotopic (exact) mass is 659 g/mol. The van der Waals surface area contributed by atoms with Crippen LogP contribution in [-0.2, 0) is 43.5 Å². The molecule has 1 heterocycles. The van der Waals surface area contributed by atoms with Crippen molar-refractivity contribution in [1.82, 2.24) is 4.98 Å². The van der Waals surface area contributed by atoms with Gasteiger partial charge in [-0.05, 0) is 97.0 Å². The van der Waals surface area contributed by atoms with Crippen LogP contribution in [0, 0.1) is 5.82 Å². The molecular weight excluding hydrogens is 622 g/mol. The Bertz CT molecular complexity index is 2110. The first-order chi connectivity index (χ1) is 21.5. The second-order valence-corrected chi connectivity index (χ2v) is 17.1. The lowest BCUT2D eigenvalue weighted by molar-refractivity contribution is -0.0224. The summed E-state index contributed by atoms with van der Waals surface area (Å²) in [5.41, 5.74) is 3.04. The Kier molecular flexibility index (Phi) is 8.98. The Morgan fingerprint density at radius 3 is 2.09 bits per heavy atom. The van der Waals surface area contributed by atoms with E-state index in [1.165, 1.54) is 18.4 Å². The molecule has 1 N–H and O–H groups in total. The molecule has 6 nitrogen and oxygen atoms in total. The molecule has 9 heteroatoms. The van der Waals surface area contributed by atoms with Crippen molar-refractivity contribution in [3.63, 3.8) is 0 Å². The third-order valence-electron chi connectivity index (χ3n) is 9.21. The van der Waals surface area contributed by atoms with Gasteiger partial charge in [0.15, 0.2) is 9.84 Å². The summed E-state index contributed by atoms with van der Waals surface area (Å²) in [6.07, 6.45) is 4.83. The van der Waals surface area contributed by atoms with Crippen LogP contribution < -0.4 is 0 Å². The van der Waals surface area contributed by atoms with E-state index in [-0.39, 0.29) is 4.90 Å². The van der Waals surface area contributed by atoms with Gasteiger partial charge in [0.05, 0.1) is 21.3 Å². The summed E-state index contributed by atoms with van der Waals surface area (Å²) >= 11 is 0. The van der Waals surface area contributed by atoms with E-state index in [1.54, 1.807) is 56.4 Å². The summed E-state index contributed by atoms with van der Waals surface area (Å²) in [5, 5.41) is 12.6. The molecule has 0 spiro atoms. The van der Waals surface area contributed by atoms with Gasteiger partial charge in [-0.2, -0.15) is 0 Å². The molecule has 5 rings (SSSR count). The third-order valence-corrected chi connectivity index (χ3v) is 12.0. The van der Waals surface area contributed by atoms with Crippen molar-refractivity contribution in [2.24, 2.45) is 0 Å². The molecule has 5 aromatic rings. The Morgan fingerprint density at radius 2 is 1.46 bits per heavy atom. The number of aliphatic hydroxyl groups is 1. The van der Waals surface area contributed by atoms with Gasteiger partial charge >= 0.3 is 0 Å². The van der Waals surface area contributed by atoms with Crippen molar-refractivity contribution in [3.05, 3.63) is 131 Å². The normalized spacial score (nSPS) is 15.6. The van der Waals surface area contributed by atoms with Gasteiger partial charge in [-0.3, -0.25) is 4.98 Å². The highest BCUT2D eigenvalue weighted by molar-refractivity contribution is 7.91. The van der Waals surface area contributed by atoms with Gasteiger partial charge in [-0.15, -0.1) is 0 Å². The lowest BCUT2D eigenvalue weighted by Crippen LogP contribution is -2.46. The molecule has 0 aliphatic heterocycles. The average molecular weight is 660 g/mol. The molecule has 0 saturated heterocycles. The molecule has 240 valence electrons. The zero-order valence-electron chi connectivity index (χ0n) is 26.5. The van der Waals surface area contributed by atoms with E-state index in [0.717, 1.165) is 39.4 Å². The molecular formula is C37H38FNO5S2. The predicted octanol–water partition coefficient (Wildman–Crippen LogP) is 6.83. The molecule has 0 fully saturated rings. The van der Waals surface area contributed by atoms with Crippen molar-refractivity contribution in [1.29, 1.82) is 0 Å². The van der Waals surface area contributed by atoms with E-state index in [9.17, 15) is 26.3 Å². The second-order valence-electron chi connectivity index (χ2n) is 12.6. The maximum atomic E-state index is 13.9. The van der Waals surface area contributed by atoms with E-state index in [0.29, 0.717) is 24.0 Å². The SMILES string of the molecule is CC(Cc1cc(-c2cccc(CC(C)(c3ccc(S(C)(=O)=O)cc3)C(C)(O)c3ccc(F)cc3)c2)c2ncccc2c1)S(C)(=O)=O. The number of benzene rings is 4. The van der Waals surface area contributed by atoms with Gasteiger partial charge in [-0.1, -0.05) is 61.5 Å². The van der Waals surface area contributed by atoms with Crippen molar-refractivity contribution >= 4 is 30.6 Å². The van der Waals surface area contributed by atoms with Crippen LogP contribution in [-0.4, -0.2) is 44.7 Å². The molecule has 3 unspecified atom stereocenters. The van der Waals surface area contributed by atoms with Gasteiger partial charge in [0.1, 0.15) is 15.7 Å². The predicted molar refractivity (Wildman–Crippen MR) is 182 cm³/mol. The van der Waals surface area contributed by atoms with Crippen LogP contribution in [0.1, 0.15) is 43.0 Å². The highest BCUT2D eigenvalue weighted by atomic mass is 32.2. The van der Waals surface area contributed by atoms with E-state index in [4.69, 9.17) is 0 Å². The van der Waals surface area contributed by atoms with Crippen LogP contribution in [0.15, 0.2) is 108 Å². The molecule has 0 aliphatic rings. The number of halogens is 1. The lowest BCUT2D eigenvalue weighted by atomic mass is 9.63. The number of sulfone groups is 2. The first-order valence-corrected chi connectivity index (χ1v) is 18.8. The van der Waals surface area contributed by atoms with Crippen molar-refractivity contribution < 1.29 is 26.3 Å². The first-order valence-electron chi connectivity index (χ1n) is 14.9. The number of rotatable bonds is 10. The molecule has 0 amide bonds. The van der Waals surface area contributed by atoms with Crippen molar-refractivity contribution in [2.45, 2.75) is 54.8 Å². The van der Waals surface area contributed by atoms with E-state index < -0.39 is 41.8 Å². The summed E-state index contributed by atoms with van der Waals surface area (Å²) in [6, 6.07) is 28.0. The standard InChI is InChI=1S/C37H38FNO5S2/c1-25(45(4,41)42)20-27-22-29-10-7-19-39-35(29)34(23-27)28-9-6-8-26(21-28)24-36(2,30-13-17-33(18-14-30)46(5,43)44)37(3,40)31-11-15-32(38)16-12-31/h6-19,21-23,25,40H,20,24H2,1-5H3. The molecule has 46 heavy (non-hydrogen) atoms. The number of hydrogen-bond acceptors (Lipinski definition) is 6. The van der Waals surface area contributed by atoms with E-state index in [1.807, 2.05) is 55.5 Å². The Labute approximate surface area is 270 Å². The van der Waals surface area contributed by atoms with E-state index >= 15 is 0 Å². The van der Waals surface area contributed by atoms with Crippen LogP contribution in [0.3, 0.4) is 0 Å². The summed E-state index contributed by atoms with van der Waals surface area (Å²) in [7, 11) is -6.66. The summed E-state index contributed by atoms with van der Waals surface area (Å²) in [4.78, 5) is 4.83. The number of pyridine rings is 1. The maximum Gasteiger partial charge on any atom is 0.175 e. The zero-order valence-corrected chi connectivity index (χ0v) is 28.2. The Morgan fingerprint density at radius 1 is 0.804 bits per heavy atom. The van der Waals surface area contributed by atoms with Crippen molar-refractivity contribution in [3.8, 4) is 11.1 Å². The minimum Gasteiger partial charge on any atom is -0.385 e. The zero-order chi connectivity index (χ0) is 33.5. The van der Waals surface area contributed by atoms with Gasteiger partial charge in [0, 0.05) is 35.1 Å². The van der Waals surface area contributed by atoms with Gasteiger partial charge < -0.3 is 5.11 Å². The lowest BCUT2D eigenvalue weighted by Gasteiger charge is -2.44. The Balaban J connectivity index is 1.63. The molecule has 4 aromatic carbocycles. The fourth-order valence-corrected chi connectivity index (χ4v) is 7.18. The van der Waals surface area contributed by atoms with E-state index in [2.05, 4.69) is 4.98 Å². The van der Waals surface area contributed by atoms with Gasteiger partial charge in [0.25, 0.3) is 0 Å². The van der Waals surface area contributed by atoms with Gasteiger partial charge in [0.2, 0.25) is 0 Å². The molecule has 0 saturated carbocycles. The average Bonchev–Trinajstić information content (AvgIpc) is 3.00. The molecule has 1 aromatic heterocycles. The van der Waals surface area contributed by atoms with Crippen LogP contribution in [0.4, 0.5) is 4.39 Å². The number of hydrogen-bond donors (Lipinski definition) is 1. The minimum absolute atomic E-state index is 0.173. The fraction of sp³-hybridized carbons (Fsp3) is 0.270. The summed E-state index contributed by atoms with van der Waals surface area (Å²) < 4.78 is 62.8. The minimum atomic E-state index is -3.43. The number of aromatic nitrogens is 1. The highest BCUT2D eigenvalue weighted by Crippen LogP contribution is 2.45. The topological polar surface area (TPSA) is 101 Å². The maximum absolute atomic E-state index is 13.9. The molecule has 0 radical (unpaired) electrons. The number of fused-ring (bicyclic) bond motifs is 1. The summed E-state index contributed by atoms with van der Waals surface area (Å²) in [5.74, 6) is -0.416. The second kappa shape index (κ2) is 12.4. The van der Waals surface area contributed by atoms with Crippen LogP contribution in [0.5, 0.6) is 0 Å². The third kappa shape index (κ3) is 6.77. The molecule has 3 atom stereocenters. The number of nitrogens with zero attached hydrogens (tertiary/aromatic N) is 1. The van der Waals surface area contributed by atoms with Gasteiger partial charge in [-0.25, -0.2) is 21.2 Å². The molecule has 0 bridgehead atoms. The Hall–Kier alpha value is -3.92.